The van der Waals surface area contributed by atoms with Crippen molar-refractivity contribution in [3.63, 3.8) is 0 Å². The number of nitrogens with one attached hydrogen (secondary N) is 1. The molecule has 1 atom stereocenters. The van der Waals surface area contributed by atoms with Crippen LogP contribution in [0.2, 0.25) is 0 Å². The summed E-state index contributed by atoms with van der Waals surface area (Å²) < 4.78 is 17.2. The number of benzene rings is 1. The SMILES string of the molecule is CCOC(=O)C1=C(C)NC2=C(C(=O)CC(C)(C)C2)[C@@H]1c1cc(OC)c(Br)cc1OC. The number of dihydropyridines is 1. The van der Waals surface area contributed by atoms with Crippen molar-refractivity contribution in [3.05, 3.63) is 44.7 Å². The Hall–Kier alpha value is -2.28. The Morgan fingerprint density at radius 2 is 1.87 bits per heavy atom. The molecule has 0 unspecified atom stereocenters. The second-order valence-electron chi connectivity index (χ2n) is 8.38. The number of hydrogen-bond acceptors (Lipinski definition) is 6. The minimum absolute atomic E-state index is 0.0250. The Labute approximate surface area is 185 Å². The predicted octanol–water partition coefficient (Wildman–Crippen LogP) is 4.63. The van der Waals surface area contributed by atoms with E-state index in [0.29, 0.717) is 46.7 Å². The number of ketones is 1. The lowest BCUT2D eigenvalue weighted by Gasteiger charge is -2.39. The molecule has 3 rings (SSSR count). The zero-order valence-electron chi connectivity index (χ0n) is 18.3. The molecule has 30 heavy (non-hydrogen) atoms. The van der Waals surface area contributed by atoms with Gasteiger partial charge in [-0.1, -0.05) is 13.8 Å². The Morgan fingerprint density at radius 1 is 1.20 bits per heavy atom. The number of Topliss-reactive ketones (excluding diaryl/α,β-unsaturated/α-hetero) is 1. The third-order valence-electron chi connectivity index (χ3n) is 5.55. The van der Waals surface area contributed by atoms with E-state index in [0.717, 1.165) is 10.2 Å². The van der Waals surface area contributed by atoms with Gasteiger partial charge in [-0.25, -0.2) is 4.79 Å². The molecule has 162 valence electrons. The van der Waals surface area contributed by atoms with Gasteiger partial charge in [0.2, 0.25) is 0 Å². The number of carbonyl (C=O) groups is 2. The molecule has 1 heterocycles. The normalized spacial score (nSPS) is 20.5. The van der Waals surface area contributed by atoms with E-state index in [1.807, 2.05) is 13.0 Å². The van der Waals surface area contributed by atoms with Crippen LogP contribution >= 0.6 is 15.9 Å². The fourth-order valence-corrected chi connectivity index (χ4v) is 4.82. The summed E-state index contributed by atoms with van der Waals surface area (Å²) in [7, 11) is 3.14. The number of hydrogen-bond donors (Lipinski definition) is 1. The van der Waals surface area contributed by atoms with E-state index in [2.05, 4.69) is 35.1 Å². The summed E-state index contributed by atoms with van der Waals surface area (Å²) in [4.78, 5) is 26.3. The maximum absolute atomic E-state index is 13.3. The minimum Gasteiger partial charge on any atom is -0.496 e. The number of rotatable bonds is 5. The molecule has 7 heteroatoms. The summed E-state index contributed by atoms with van der Waals surface area (Å²) in [5.74, 6) is 0.142. The molecule has 6 nitrogen and oxygen atoms in total. The summed E-state index contributed by atoms with van der Waals surface area (Å²) >= 11 is 3.48. The molecule has 0 saturated carbocycles. The van der Waals surface area contributed by atoms with Gasteiger partial charge in [0.05, 0.1) is 36.8 Å². The predicted molar refractivity (Wildman–Crippen MR) is 118 cm³/mol. The van der Waals surface area contributed by atoms with Crippen LogP contribution in [0.3, 0.4) is 0 Å². The molecular weight excluding hydrogens is 450 g/mol. The maximum atomic E-state index is 13.3. The van der Waals surface area contributed by atoms with Crippen LogP contribution in [0.25, 0.3) is 0 Å². The van der Waals surface area contributed by atoms with Gasteiger partial charge in [-0.15, -0.1) is 0 Å². The zero-order valence-corrected chi connectivity index (χ0v) is 19.9. The topological polar surface area (TPSA) is 73.9 Å². The third-order valence-corrected chi connectivity index (χ3v) is 6.17. The highest BCUT2D eigenvalue weighted by Crippen LogP contribution is 2.50. The first-order valence-corrected chi connectivity index (χ1v) is 10.7. The number of allylic oxidation sites excluding steroid dienone is 3. The lowest BCUT2D eigenvalue weighted by atomic mass is 9.68. The van der Waals surface area contributed by atoms with Crippen LogP contribution in [0.4, 0.5) is 0 Å². The molecule has 0 saturated heterocycles. The molecular formula is C23H28BrNO5. The number of methoxy groups -OCH3 is 2. The molecule has 0 spiro atoms. The zero-order chi connectivity index (χ0) is 22.2. The van der Waals surface area contributed by atoms with Gasteiger partial charge in [-0.3, -0.25) is 4.79 Å². The average Bonchev–Trinajstić information content (AvgIpc) is 2.65. The van der Waals surface area contributed by atoms with Crippen molar-refractivity contribution in [2.24, 2.45) is 5.41 Å². The molecule has 1 N–H and O–H groups in total. The monoisotopic (exact) mass is 477 g/mol. The highest BCUT2D eigenvalue weighted by atomic mass is 79.9. The van der Waals surface area contributed by atoms with Crippen molar-refractivity contribution in [1.82, 2.24) is 5.32 Å². The third kappa shape index (κ3) is 4.00. The summed E-state index contributed by atoms with van der Waals surface area (Å²) in [6.45, 7) is 8.01. The molecule has 2 aliphatic rings. The molecule has 0 fully saturated rings. The van der Waals surface area contributed by atoms with Gasteiger partial charge >= 0.3 is 5.97 Å². The van der Waals surface area contributed by atoms with E-state index in [4.69, 9.17) is 14.2 Å². The van der Waals surface area contributed by atoms with E-state index >= 15 is 0 Å². The Kier molecular flexibility index (Phi) is 6.32. The van der Waals surface area contributed by atoms with Gasteiger partial charge in [0.1, 0.15) is 11.5 Å². The number of esters is 1. The lowest BCUT2D eigenvalue weighted by molar-refractivity contribution is -0.138. The standard InChI is InChI=1S/C23H28BrNO5/c1-7-30-22(27)19-12(2)25-15-10-23(3,4)11-16(26)21(15)20(19)13-8-18(29-6)14(24)9-17(13)28-5/h8-9,20,25H,7,10-11H2,1-6H3/t20-/m1/s1. The average molecular weight is 478 g/mol. The van der Waals surface area contributed by atoms with Gasteiger partial charge < -0.3 is 19.5 Å². The van der Waals surface area contributed by atoms with Crippen LogP contribution in [0.15, 0.2) is 39.1 Å². The van der Waals surface area contributed by atoms with Gasteiger partial charge in [-0.05, 0) is 53.7 Å². The van der Waals surface area contributed by atoms with E-state index in [9.17, 15) is 9.59 Å². The minimum atomic E-state index is -0.596. The first kappa shape index (κ1) is 22.4. The van der Waals surface area contributed by atoms with Crippen molar-refractivity contribution in [1.29, 1.82) is 0 Å². The van der Waals surface area contributed by atoms with Gasteiger partial charge in [0, 0.05) is 29.0 Å². The number of ether oxygens (including phenoxy) is 3. The van der Waals surface area contributed by atoms with Crippen molar-refractivity contribution < 1.29 is 23.8 Å². The molecule has 1 aliphatic carbocycles. The van der Waals surface area contributed by atoms with E-state index in [1.165, 1.54) is 0 Å². The van der Waals surface area contributed by atoms with Crippen molar-refractivity contribution >= 4 is 27.7 Å². The van der Waals surface area contributed by atoms with Gasteiger partial charge in [0.25, 0.3) is 0 Å². The van der Waals surface area contributed by atoms with Crippen LogP contribution in [-0.2, 0) is 14.3 Å². The van der Waals surface area contributed by atoms with E-state index in [1.54, 1.807) is 27.2 Å². The Bertz CT molecular complexity index is 961. The molecule has 1 aromatic rings. The summed E-state index contributed by atoms with van der Waals surface area (Å²) in [5.41, 5.74) is 3.11. The molecule has 0 aromatic heterocycles. The highest BCUT2D eigenvalue weighted by molar-refractivity contribution is 9.10. The molecule has 0 radical (unpaired) electrons. The maximum Gasteiger partial charge on any atom is 0.336 e. The molecule has 0 bridgehead atoms. The summed E-state index contributed by atoms with van der Waals surface area (Å²) in [6, 6.07) is 3.62. The second kappa shape index (κ2) is 8.46. The highest BCUT2D eigenvalue weighted by Gasteiger charge is 2.44. The Morgan fingerprint density at radius 3 is 2.47 bits per heavy atom. The lowest BCUT2D eigenvalue weighted by Crippen LogP contribution is -2.38. The second-order valence-corrected chi connectivity index (χ2v) is 9.23. The summed E-state index contributed by atoms with van der Waals surface area (Å²) in [5, 5.41) is 3.33. The molecule has 1 aliphatic heterocycles. The fourth-order valence-electron chi connectivity index (χ4n) is 4.34. The Balaban J connectivity index is 2.29. The van der Waals surface area contributed by atoms with Crippen LogP contribution in [0.1, 0.15) is 52.0 Å². The van der Waals surface area contributed by atoms with Crippen LogP contribution in [0.5, 0.6) is 11.5 Å². The van der Waals surface area contributed by atoms with Crippen LogP contribution < -0.4 is 14.8 Å². The van der Waals surface area contributed by atoms with Crippen molar-refractivity contribution in [3.8, 4) is 11.5 Å². The smallest absolute Gasteiger partial charge is 0.336 e. The first-order valence-electron chi connectivity index (χ1n) is 9.96. The first-order chi connectivity index (χ1) is 14.1. The largest absolute Gasteiger partial charge is 0.496 e. The van der Waals surface area contributed by atoms with Crippen molar-refractivity contribution in [2.45, 2.75) is 46.5 Å². The van der Waals surface area contributed by atoms with Crippen LogP contribution in [-0.4, -0.2) is 32.6 Å². The van der Waals surface area contributed by atoms with E-state index in [-0.39, 0.29) is 17.8 Å². The molecule has 0 amide bonds. The fraction of sp³-hybridized carbons (Fsp3) is 0.478. The number of halogens is 1. The van der Waals surface area contributed by atoms with Crippen molar-refractivity contribution in [2.75, 3.05) is 20.8 Å². The van der Waals surface area contributed by atoms with Gasteiger partial charge in [0.15, 0.2) is 5.78 Å². The van der Waals surface area contributed by atoms with Crippen LogP contribution in [0, 0.1) is 5.41 Å². The quantitative estimate of drug-likeness (QED) is 0.622. The van der Waals surface area contributed by atoms with Gasteiger partial charge in [-0.2, -0.15) is 0 Å². The molecule has 1 aromatic carbocycles. The number of carbonyl (C=O) groups excluding carboxylic acids is 2. The summed E-state index contributed by atoms with van der Waals surface area (Å²) in [6.07, 6.45) is 1.13. The van der Waals surface area contributed by atoms with E-state index < -0.39 is 11.9 Å².